The number of aromatic nitrogens is 1. The summed E-state index contributed by atoms with van der Waals surface area (Å²) >= 11 is 0. The van der Waals surface area contributed by atoms with E-state index >= 15 is 0 Å². The summed E-state index contributed by atoms with van der Waals surface area (Å²) < 4.78 is 2.41. The van der Waals surface area contributed by atoms with Crippen LogP contribution in [0, 0.1) is 0 Å². The fourth-order valence-corrected chi connectivity index (χ4v) is 8.90. The number of fused-ring (bicyclic) bond motifs is 5. The van der Waals surface area contributed by atoms with Crippen LogP contribution in [0.4, 0.5) is 0 Å². The second-order valence-electron chi connectivity index (χ2n) is 14.9. The summed E-state index contributed by atoms with van der Waals surface area (Å²) in [5.74, 6) is 0. The predicted octanol–water partition coefficient (Wildman–Crippen LogP) is 15.4. The Balaban J connectivity index is 0.967. The van der Waals surface area contributed by atoms with Gasteiger partial charge in [0.15, 0.2) is 0 Å². The quantitative estimate of drug-likeness (QED) is 0.151. The van der Waals surface area contributed by atoms with E-state index in [9.17, 15) is 0 Å². The molecule has 1 heteroatoms. The topological polar surface area (TPSA) is 4.93 Å². The molecule has 266 valence electrons. The Kier molecular flexibility index (Phi) is 7.89. The number of hydrogen-bond donors (Lipinski definition) is 0. The fraction of sp³-hybridized carbons (Fsp3) is 0. The molecule has 11 rings (SSSR count). The molecule has 0 bridgehead atoms. The van der Waals surface area contributed by atoms with Gasteiger partial charge in [0.1, 0.15) is 0 Å². The van der Waals surface area contributed by atoms with Crippen molar-refractivity contribution in [3.05, 3.63) is 224 Å². The lowest BCUT2D eigenvalue weighted by Gasteiger charge is -2.18. The van der Waals surface area contributed by atoms with Crippen molar-refractivity contribution in [3.8, 4) is 61.3 Å². The molecular formula is C56H37N. The first-order valence-corrected chi connectivity index (χ1v) is 19.7. The minimum Gasteiger partial charge on any atom is -0.309 e. The SMILES string of the molecule is c1ccc(-c2ccc(-c3ccc(-c4ccc5c(c4)c4ccccc4n5-c4ccc(-c5c6ccccc6c(-c6ccccc6)c6ccccc56)cc4)cc3)cc2)cc1. The average molecular weight is 724 g/mol. The lowest BCUT2D eigenvalue weighted by molar-refractivity contribution is 1.18. The maximum Gasteiger partial charge on any atom is 0.0541 e. The van der Waals surface area contributed by atoms with E-state index in [1.807, 2.05) is 0 Å². The van der Waals surface area contributed by atoms with Gasteiger partial charge in [-0.2, -0.15) is 0 Å². The predicted molar refractivity (Wildman–Crippen MR) is 243 cm³/mol. The van der Waals surface area contributed by atoms with Crippen LogP contribution in [0.15, 0.2) is 224 Å². The molecule has 1 heterocycles. The zero-order chi connectivity index (χ0) is 37.7. The highest BCUT2D eigenvalue weighted by atomic mass is 15.0. The fourth-order valence-electron chi connectivity index (χ4n) is 8.90. The van der Waals surface area contributed by atoms with Crippen LogP contribution in [-0.2, 0) is 0 Å². The van der Waals surface area contributed by atoms with E-state index in [1.165, 1.54) is 99.0 Å². The molecule has 10 aromatic carbocycles. The highest BCUT2D eigenvalue weighted by molar-refractivity contribution is 6.21. The van der Waals surface area contributed by atoms with E-state index in [-0.39, 0.29) is 0 Å². The van der Waals surface area contributed by atoms with Crippen molar-refractivity contribution in [2.24, 2.45) is 0 Å². The Labute approximate surface area is 332 Å². The largest absolute Gasteiger partial charge is 0.309 e. The van der Waals surface area contributed by atoms with E-state index in [4.69, 9.17) is 0 Å². The summed E-state index contributed by atoms with van der Waals surface area (Å²) in [6.07, 6.45) is 0. The van der Waals surface area contributed by atoms with Crippen molar-refractivity contribution in [1.29, 1.82) is 0 Å². The third-order valence-electron chi connectivity index (χ3n) is 11.6. The molecule has 57 heavy (non-hydrogen) atoms. The van der Waals surface area contributed by atoms with E-state index in [0.717, 1.165) is 5.69 Å². The molecule has 0 aliphatic heterocycles. The summed E-state index contributed by atoms with van der Waals surface area (Å²) in [6, 6.07) is 81.8. The van der Waals surface area contributed by atoms with Gasteiger partial charge in [-0.05, 0) is 108 Å². The lowest BCUT2D eigenvalue weighted by Crippen LogP contribution is -1.94. The summed E-state index contributed by atoms with van der Waals surface area (Å²) in [7, 11) is 0. The molecule has 0 radical (unpaired) electrons. The monoisotopic (exact) mass is 723 g/mol. The van der Waals surface area contributed by atoms with E-state index in [2.05, 4.69) is 229 Å². The van der Waals surface area contributed by atoms with Gasteiger partial charge in [-0.3, -0.25) is 0 Å². The van der Waals surface area contributed by atoms with Gasteiger partial charge in [0.25, 0.3) is 0 Å². The minimum atomic E-state index is 1.15. The Morgan fingerprint density at radius 1 is 0.211 bits per heavy atom. The van der Waals surface area contributed by atoms with Gasteiger partial charge >= 0.3 is 0 Å². The summed E-state index contributed by atoms with van der Waals surface area (Å²) in [5, 5.41) is 7.57. The number of rotatable bonds is 6. The number of nitrogens with zero attached hydrogens (tertiary/aromatic N) is 1. The van der Waals surface area contributed by atoms with Crippen LogP contribution in [-0.4, -0.2) is 4.57 Å². The molecule has 0 amide bonds. The molecule has 0 aliphatic carbocycles. The molecular weight excluding hydrogens is 687 g/mol. The van der Waals surface area contributed by atoms with Gasteiger partial charge in [0.05, 0.1) is 11.0 Å². The van der Waals surface area contributed by atoms with Crippen molar-refractivity contribution < 1.29 is 0 Å². The van der Waals surface area contributed by atoms with Crippen LogP contribution < -0.4 is 0 Å². The number of para-hydroxylation sites is 1. The first-order valence-electron chi connectivity index (χ1n) is 19.7. The van der Waals surface area contributed by atoms with Crippen LogP contribution in [0.3, 0.4) is 0 Å². The highest BCUT2D eigenvalue weighted by Crippen LogP contribution is 2.44. The second kappa shape index (κ2) is 13.7. The molecule has 1 aromatic heterocycles. The third-order valence-corrected chi connectivity index (χ3v) is 11.6. The Hall–Kier alpha value is -7.48. The Bertz CT molecular complexity index is 3170. The summed E-state index contributed by atoms with van der Waals surface area (Å²) in [5.41, 5.74) is 15.9. The standard InChI is InChI=1S/C56H37N/c1-3-13-38(14-4-1)39-23-25-40(26-24-39)41-27-29-42(30-28-41)45-33-36-54-52(37-45)47-17-11-12-22-53(47)57(54)46-34-31-44(32-35-46)56-50-20-9-7-18-48(50)55(43-15-5-2-6-16-43)49-19-8-10-21-51(49)56/h1-37H. The first kappa shape index (κ1) is 32.9. The zero-order valence-electron chi connectivity index (χ0n) is 31.3. The van der Waals surface area contributed by atoms with Gasteiger partial charge in [0, 0.05) is 16.5 Å². The van der Waals surface area contributed by atoms with Gasteiger partial charge in [-0.15, -0.1) is 0 Å². The molecule has 1 nitrogen and oxygen atoms in total. The van der Waals surface area contributed by atoms with Gasteiger partial charge < -0.3 is 4.57 Å². The first-order chi connectivity index (χ1) is 28.3. The van der Waals surface area contributed by atoms with Crippen LogP contribution in [0.25, 0.3) is 105 Å². The lowest BCUT2D eigenvalue weighted by atomic mass is 9.86. The molecule has 0 fully saturated rings. The van der Waals surface area contributed by atoms with E-state index in [0.29, 0.717) is 0 Å². The maximum atomic E-state index is 2.41. The van der Waals surface area contributed by atoms with Gasteiger partial charge in [-0.25, -0.2) is 0 Å². The summed E-state index contributed by atoms with van der Waals surface area (Å²) in [6.45, 7) is 0. The highest BCUT2D eigenvalue weighted by Gasteiger charge is 2.18. The molecule has 0 saturated carbocycles. The smallest absolute Gasteiger partial charge is 0.0541 e. The Morgan fingerprint density at radius 3 is 1.05 bits per heavy atom. The van der Waals surface area contributed by atoms with Crippen LogP contribution >= 0.6 is 0 Å². The van der Waals surface area contributed by atoms with Crippen molar-refractivity contribution in [3.63, 3.8) is 0 Å². The molecule has 11 aromatic rings. The number of hydrogen-bond acceptors (Lipinski definition) is 0. The van der Waals surface area contributed by atoms with Crippen LogP contribution in [0.2, 0.25) is 0 Å². The molecule has 0 aliphatic rings. The normalized spacial score (nSPS) is 11.5. The molecule has 0 spiro atoms. The average Bonchev–Trinajstić information content (AvgIpc) is 3.62. The molecule has 0 saturated heterocycles. The summed E-state index contributed by atoms with van der Waals surface area (Å²) in [4.78, 5) is 0. The number of benzene rings is 10. The second-order valence-corrected chi connectivity index (χ2v) is 14.9. The van der Waals surface area contributed by atoms with Crippen molar-refractivity contribution in [1.82, 2.24) is 4.57 Å². The zero-order valence-corrected chi connectivity index (χ0v) is 31.3. The van der Waals surface area contributed by atoms with E-state index in [1.54, 1.807) is 0 Å². The van der Waals surface area contributed by atoms with E-state index < -0.39 is 0 Å². The van der Waals surface area contributed by atoms with Crippen molar-refractivity contribution in [2.75, 3.05) is 0 Å². The third kappa shape index (κ3) is 5.63. The molecule has 0 N–H and O–H groups in total. The van der Waals surface area contributed by atoms with Crippen LogP contribution in [0.1, 0.15) is 0 Å². The van der Waals surface area contributed by atoms with Gasteiger partial charge in [0.2, 0.25) is 0 Å². The Morgan fingerprint density at radius 2 is 0.544 bits per heavy atom. The minimum absolute atomic E-state index is 1.15. The molecule has 0 unspecified atom stereocenters. The van der Waals surface area contributed by atoms with Crippen molar-refractivity contribution >= 4 is 43.4 Å². The van der Waals surface area contributed by atoms with Gasteiger partial charge in [-0.1, -0.05) is 194 Å². The maximum absolute atomic E-state index is 2.41. The van der Waals surface area contributed by atoms with Crippen molar-refractivity contribution in [2.45, 2.75) is 0 Å². The molecule has 0 atom stereocenters. The van der Waals surface area contributed by atoms with Crippen LogP contribution in [0.5, 0.6) is 0 Å².